The van der Waals surface area contributed by atoms with Crippen molar-refractivity contribution in [3.05, 3.63) is 10.4 Å². The number of hydrogen-bond donors (Lipinski definition) is 1. The fourth-order valence-electron chi connectivity index (χ4n) is 2.27. The first-order valence-electron chi connectivity index (χ1n) is 5.59. The van der Waals surface area contributed by atoms with E-state index in [1.807, 2.05) is 0 Å². The Hall–Kier alpha value is -0.770. The molecule has 0 aliphatic carbocycles. The quantitative estimate of drug-likeness (QED) is 0.439. The molecule has 1 heterocycles. The number of aliphatic hydroxyl groups is 1. The number of nitrogens with zero attached hydrogens (tertiary/aromatic N) is 4. The number of aliphatic hydroxyl groups excluding tert-OH is 1. The summed E-state index contributed by atoms with van der Waals surface area (Å²) in [5, 5.41) is 13.1. The van der Waals surface area contributed by atoms with E-state index in [9.17, 15) is 5.11 Å². The molecule has 1 aliphatic rings. The van der Waals surface area contributed by atoms with Gasteiger partial charge in [-0.2, -0.15) is 0 Å². The molecule has 15 heavy (non-hydrogen) atoms. The monoisotopic (exact) mass is 212 g/mol. The zero-order valence-electron chi connectivity index (χ0n) is 9.50. The van der Waals surface area contributed by atoms with Crippen molar-refractivity contribution < 1.29 is 5.11 Å². The van der Waals surface area contributed by atoms with Gasteiger partial charge in [-0.05, 0) is 32.2 Å². The molecule has 86 valence electrons. The molecule has 0 aromatic heterocycles. The number of β-amino-alcohol motifs (C(OH)–C–C–N with tert-alkyl or cyclic N) is 1. The lowest BCUT2D eigenvalue weighted by Gasteiger charge is -2.39. The van der Waals surface area contributed by atoms with E-state index in [2.05, 4.69) is 28.8 Å². The first-order chi connectivity index (χ1) is 7.15. The Morgan fingerprint density at radius 2 is 2.07 bits per heavy atom. The molecule has 1 N–H and O–H groups in total. The molecular formula is C10H20N4O. The Kier molecular flexibility index (Phi) is 4.88. The predicted molar refractivity (Wildman–Crippen MR) is 59.5 cm³/mol. The van der Waals surface area contributed by atoms with Gasteiger partial charge in [0.2, 0.25) is 0 Å². The molecule has 1 aliphatic heterocycles. The lowest BCUT2D eigenvalue weighted by molar-refractivity contribution is 0.0452. The van der Waals surface area contributed by atoms with Crippen LogP contribution in [0.4, 0.5) is 0 Å². The molecule has 0 unspecified atom stereocenters. The summed E-state index contributed by atoms with van der Waals surface area (Å²) < 4.78 is 0. The Labute approximate surface area is 90.7 Å². The molecule has 0 spiro atoms. The lowest BCUT2D eigenvalue weighted by atomic mass is 9.97. The molecule has 0 amide bonds. The second-order valence-corrected chi connectivity index (χ2v) is 4.39. The van der Waals surface area contributed by atoms with E-state index < -0.39 is 6.10 Å². The SMILES string of the molecule is C[C@@H]1CCC[C@H](C)N1C[C@@H](O)CN=[N+]=[N-]. The number of rotatable bonds is 4. The second kappa shape index (κ2) is 5.95. The zero-order valence-corrected chi connectivity index (χ0v) is 9.50. The van der Waals surface area contributed by atoms with Crippen LogP contribution in [0.25, 0.3) is 10.4 Å². The Bertz CT molecular complexity index is 230. The van der Waals surface area contributed by atoms with Crippen LogP contribution in [-0.4, -0.2) is 41.3 Å². The van der Waals surface area contributed by atoms with Crippen molar-refractivity contribution in [2.75, 3.05) is 13.1 Å². The fourth-order valence-corrected chi connectivity index (χ4v) is 2.27. The van der Waals surface area contributed by atoms with Crippen molar-refractivity contribution in [1.29, 1.82) is 0 Å². The predicted octanol–water partition coefficient (Wildman–Crippen LogP) is 1.92. The zero-order chi connectivity index (χ0) is 11.3. The van der Waals surface area contributed by atoms with Gasteiger partial charge in [0.05, 0.1) is 12.6 Å². The second-order valence-electron chi connectivity index (χ2n) is 4.39. The highest BCUT2D eigenvalue weighted by molar-refractivity contribution is 4.81. The molecule has 1 fully saturated rings. The van der Waals surface area contributed by atoms with E-state index in [-0.39, 0.29) is 6.54 Å². The molecule has 0 aromatic rings. The lowest BCUT2D eigenvalue weighted by Crippen LogP contribution is -2.47. The third-order valence-electron chi connectivity index (χ3n) is 3.15. The third kappa shape index (κ3) is 3.70. The summed E-state index contributed by atoms with van der Waals surface area (Å²) in [7, 11) is 0. The van der Waals surface area contributed by atoms with Crippen molar-refractivity contribution in [2.24, 2.45) is 5.11 Å². The molecule has 5 heteroatoms. The molecule has 3 atom stereocenters. The van der Waals surface area contributed by atoms with Crippen LogP contribution in [0.1, 0.15) is 33.1 Å². The van der Waals surface area contributed by atoms with E-state index in [1.54, 1.807) is 0 Å². The van der Waals surface area contributed by atoms with Crippen molar-refractivity contribution in [1.82, 2.24) is 4.90 Å². The maximum absolute atomic E-state index is 9.66. The standard InChI is InChI=1S/C10H20N4O/c1-8-4-3-5-9(2)14(8)7-10(15)6-12-13-11/h8-10,15H,3-7H2,1-2H3/t8-,9+,10-/m0/s1. The molecule has 1 saturated heterocycles. The first-order valence-corrected chi connectivity index (χ1v) is 5.59. The van der Waals surface area contributed by atoms with Crippen LogP contribution in [0.2, 0.25) is 0 Å². The Morgan fingerprint density at radius 1 is 1.47 bits per heavy atom. The van der Waals surface area contributed by atoms with E-state index in [4.69, 9.17) is 5.53 Å². The molecule has 0 saturated carbocycles. The van der Waals surface area contributed by atoms with Gasteiger partial charge in [-0.1, -0.05) is 11.5 Å². The fraction of sp³-hybridized carbons (Fsp3) is 1.00. The first kappa shape index (κ1) is 12.3. The van der Waals surface area contributed by atoms with Crippen molar-refractivity contribution in [3.63, 3.8) is 0 Å². The van der Waals surface area contributed by atoms with Gasteiger partial charge < -0.3 is 5.11 Å². The van der Waals surface area contributed by atoms with Crippen LogP contribution in [0.15, 0.2) is 5.11 Å². The van der Waals surface area contributed by atoms with Crippen LogP contribution < -0.4 is 0 Å². The Balaban J connectivity index is 2.43. The largest absolute Gasteiger partial charge is 0.392 e. The topological polar surface area (TPSA) is 72.2 Å². The van der Waals surface area contributed by atoms with Crippen LogP contribution in [0.5, 0.6) is 0 Å². The highest BCUT2D eigenvalue weighted by Gasteiger charge is 2.25. The van der Waals surface area contributed by atoms with Gasteiger partial charge in [0.1, 0.15) is 0 Å². The number of likely N-dealkylation sites (tertiary alicyclic amines) is 1. The minimum absolute atomic E-state index is 0.173. The molecule has 0 radical (unpaired) electrons. The minimum atomic E-state index is -0.538. The van der Waals surface area contributed by atoms with Crippen molar-refractivity contribution >= 4 is 0 Å². The van der Waals surface area contributed by atoms with Gasteiger partial charge in [-0.15, -0.1) is 0 Å². The van der Waals surface area contributed by atoms with Gasteiger partial charge in [0.15, 0.2) is 0 Å². The van der Waals surface area contributed by atoms with Gasteiger partial charge in [-0.3, -0.25) is 4.90 Å². The van der Waals surface area contributed by atoms with Crippen molar-refractivity contribution in [3.8, 4) is 0 Å². The van der Waals surface area contributed by atoms with Gasteiger partial charge in [-0.25, -0.2) is 0 Å². The minimum Gasteiger partial charge on any atom is -0.392 e. The average molecular weight is 212 g/mol. The molecule has 5 nitrogen and oxygen atoms in total. The number of hydrogen-bond acceptors (Lipinski definition) is 3. The van der Waals surface area contributed by atoms with Gasteiger partial charge in [0.25, 0.3) is 0 Å². The smallest absolute Gasteiger partial charge is 0.0723 e. The molecule has 1 rings (SSSR count). The highest BCUT2D eigenvalue weighted by atomic mass is 16.3. The summed E-state index contributed by atoms with van der Waals surface area (Å²) in [6.45, 7) is 5.17. The maximum atomic E-state index is 9.66. The van der Waals surface area contributed by atoms with Crippen LogP contribution in [0.3, 0.4) is 0 Å². The van der Waals surface area contributed by atoms with Gasteiger partial charge >= 0.3 is 0 Å². The summed E-state index contributed by atoms with van der Waals surface area (Å²) in [6.07, 6.45) is 3.12. The van der Waals surface area contributed by atoms with Crippen molar-refractivity contribution in [2.45, 2.75) is 51.3 Å². The van der Waals surface area contributed by atoms with E-state index in [0.717, 1.165) is 0 Å². The summed E-state index contributed by atoms with van der Waals surface area (Å²) >= 11 is 0. The van der Waals surface area contributed by atoms with E-state index >= 15 is 0 Å². The third-order valence-corrected chi connectivity index (χ3v) is 3.15. The highest BCUT2D eigenvalue weighted by Crippen LogP contribution is 2.22. The van der Waals surface area contributed by atoms with Crippen LogP contribution in [0, 0.1) is 0 Å². The molecule has 0 bridgehead atoms. The van der Waals surface area contributed by atoms with Gasteiger partial charge in [0, 0.05) is 23.5 Å². The summed E-state index contributed by atoms with van der Waals surface area (Å²) in [5.74, 6) is 0. The van der Waals surface area contributed by atoms with Crippen LogP contribution in [-0.2, 0) is 0 Å². The van der Waals surface area contributed by atoms with E-state index in [0.29, 0.717) is 18.6 Å². The maximum Gasteiger partial charge on any atom is 0.0723 e. The summed E-state index contributed by atoms with van der Waals surface area (Å²) in [6, 6.07) is 1.05. The normalized spacial score (nSPS) is 29.5. The number of piperidine rings is 1. The molecular weight excluding hydrogens is 192 g/mol. The molecule has 0 aromatic carbocycles. The van der Waals surface area contributed by atoms with Crippen LogP contribution >= 0.6 is 0 Å². The Morgan fingerprint density at radius 3 is 2.60 bits per heavy atom. The summed E-state index contributed by atoms with van der Waals surface area (Å²) in [4.78, 5) is 4.96. The number of azide groups is 1. The van der Waals surface area contributed by atoms with E-state index in [1.165, 1.54) is 19.3 Å². The average Bonchev–Trinajstić information content (AvgIpc) is 2.21. The summed E-state index contributed by atoms with van der Waals surface area (Å²) in [5.41, 5.74) is 8.16.